The monoisotopic (exact) mass is 247 g/mol. The molecule has 0 fully saturated rings. The Hall–Kier alpha value is -1.42. The maximum absolute atomic E-state index is 4.37. The van der Waals surface area contributed by atoms with Gasteiger partial charge in [0.05, 0.1) is 6.54 Å². The van der Waals surface area contributed by atoms with E-state index in [0.29, 0.717) is 0 Å². The lowest BCUT2D eigenvalue weighted by Crippen LogP contribution is -2.04. The lowest BCUT2D eigenvalue weighted by Gasteiger charge is -2.07. The third-order valence-electron chi connectivity index (χ3n) is 2.61. The summed E-state index contributed by atoms with van der Waals surface area (Å²) in [5.74, 6) is 1.72. The van der Waals surface area contributed by atoms with Gasteiger partial charge in [0.15, 0.2) is 0 Å². The Kier molecular flexibility index (Phi) is 3.74. The van der Waals surface area contributed by atoms with Gasteiger partial charge in [0.2, 0.25) is 0 Å². The van der Waals surface area contributed by atoms with E-state index in [1.54, 1.807) is 11.3 Å². The number of thiophene rings is 1. The molecule has 2 aromatic rings. The zero-order valence-corrected chi connectivity index (χ0v) is 11.3. The molecule has 2 aromatic heterocycles. The summed E-state index contributed by atoms with van der Waals surface area (Å²) in [7, 11) is 0. The van der Waals surface area contributed by atoms with Crippen LogP contribution in [0.1, 0.15) is 28.9 Å². The predicted octanol–water partition coefficient (Wildman–Crippen LogP) is 3.33. The maximum atomic E-state index is 4.37. The van der Waals surface area contributed by atoms with Crippen LogP contribution in [0.15, 0.2) is 17.5 Å². The van der Waals surface area contributed by atoms with E-state index < -0.39 is 0 Å². The summed E-state index contributed by atoms with van der Waals surface area (Å²) in [6.07, 6.45) is 1.09. The van der Waals surface area contributed by atoms with Crippen molar-refractivity contribution in [3.8, 4) is 0 Å². The Morgan fingerprint density at radius 2 is 2.12 bits per heavy atom. The standard InChI is InChI=1S/C13H17N3S/c1-4-11-5-6-17-12(11)8-14-13-7-9(2)15-10(3)16-13/h5-7H,4,8H2,1-3H3,(H,14,15,16). The van der Waals surface area contributed by atoms with Crippen molar-refractivity contribution in [2.45, 2.75) is 33.7 Å². The molecule has 17 heavy (non-hydrogen) atoms. The van der Waals surface area contributed by atoms with Gasteiger partial charge in [-0.2, -0.15) is 0 Å². The van der Waals surface area contributed by atoms with E-state index in [1.165, 1.54) is 10.4 Å². The second kappa shape index (κ2) is 5.27. The maximum Gasteiger partial charge on any atom is 0.130 e. The number of aryl methyl sites for hydroxylation is 3. The molecule has 3 nitrogen and oxygen atoms in total. The summed E-state index contributed by atoms with van der Waals surface area (Å²) < 4.78 is 0. The minimum Gasteiger partial charge on any atom is -0.365 e. The fourth-order valence-electron chi connectivity index (χ4n) is 1.82. The minimum absolute atomic E-state index is 0.814. The molecule has 0 amide bonds. The summed E-state index contributed by atoms with van der Waals surface area (Å²) in [5, 5.41) is 5.51. The second-order valence-electron chi connectivity index (χ2n) is 4.02. The van der Waals surface area contributed by atoms with Crippen LogP contribution >= 0.6 is 11.3 Å². The van der Waals surface area contributed by atoms with Gasteiger partial charge in [0.1, 0.15) is 11.6 Å². The van der Waals surface area contributed by atoms with Gasteiger partial charge in [0.25, 0.3) is 0 Å². The van der Waals surface area contributed by atoms with Crippen LogP contribution in [0.4, 0.5) is 5.82 Å². The number of aromatic nitrogens is 2. The first-order valence-corrected chi connectivity index (χ1v) is 6.68. The van der Waals surface area contributed by atoms with E-state index in [-0.39, 0.29) is 0 Å². The highest BCUT2D eigenvalue weighted by atomic mass is 32.1. The van der Waals surface area contributed by atoms with E-state index in [1.807, 2.05) is 19.9 Å². The normalized spacial score (nSPS) is 10.5. The van der Waals surface area contributed by atoms with Gasteiger partial charge < -0.3 is 5.32 Å². The van der Waals surface area contributed by atoms with Crippen molar-refractivity contribution < 1.29 is 0 Å². The molecule has 0 radical (unpaired) electrons. The molecule has 0 saturated carbocycles. The summed E-state index contributed by atoms with van der Waals surface area (Å²) in [6, 6.07) is 4.17. The third kappa shape index (κ3) is 3.03. The van der Waals surface area contributed by atoms with E-state index >= 15 is 0 Å². The SMILES string of the molecule is CCc1ccsc1CNc1cc(C)nc(C)n1. The van der Waals surface area contributed by atoms with Gasteiger partial charge in [-0.05, 0) is 37.3 Å². The molecular weight excluding hydrogens is 230 g/mol. The van der Waals surface area contributed by atoms with Crippen molar-refractivity contribution in [2.75, 3.05) is 5.32 Å². The average Bonchev–Trinajstić information content (AvgIpc) is 2.72. The van der Waals surface area contributed by atoms with E-state index in [4.69, 9.17) is 0 Å². The molecule has 0 aromatic carbocycles. The molecule has 1 N–H and O–H groups in total. The van der Waals surface area contributed by atoms with Crippen LogP contribution in [0.3, 0.4) is 0 Å². The van der Waals surface area contributed by atoms with Crippen molar-refractivity contribution in [3.05, 3.63) is 39.5 Å². The summed E-state index contributed by atoms with van der Waals surface area (Å²) in [5.41, 5.74) is 2.42. The molecule has 4 heteroatoms. The van der Waals surface area contributed by atoms with Crippen molar-refractivity contribution in [1.29, 1.82) is 0 Å². The molecule has 0 aliphatic carbocycles. The number of nitrogens with one attached hydrogen (secondary N) is 1. The topological polar surface area (TPSA) is 37.8 Å². The van der Waals surface area contributed by atoms with Gasteiger partial charge >= 0.3 is 0 Å². The first-order valence-electron chi connectivity index (χ1n) is 5.80. The van der Waals surface area contributed by atoms with E-state index in [9.17, 15) is 0 Å². The molecule has 2 heterocycles. The zero-order chi connectivity index (χ0) is 12.3. The first-order chi connectivity index (χ1) is 8.19. The largest absolute Gasteiger partial charge is 0.365 e. The van der Waals surface area contributed by atoms with E-state index in [0.717, 1.165) is 30.3 Å². The first kappa shape index (κ1) is 12.0. The van der Waals surface area contributed by atoms with Gasteiger partial charge in [-0.3, -0.25) is 0 Å². The molecule has 0 atom stereocenters. The van der Waals surface area contributed by atoms with Crippen LogP contribution < -0.4 is 5.32 Å². The van der Waals surface area contributed by atoms with Gasteiger partial charge in [-0.15, -0.1) is 11.3 Å². The van der Waals surface area contributed by atoms with Crippen molar-refractivity contribution in [1.82, 2.24) is 9.97 Å². The Balaban J connectivity index is 2.07. The number of hydrogen-bond donors (Lipinski definition) is 1. The molecule has 0 aliphatic rings. The highest BCUT2D eigenvalue weighted by Crippen LogP contribution is 2.18. The van der Waals surface area contributed by atoms with Crippen LogP contribution in [0.2, 0.25) is 0 Å². The van der Waals surface area contributed by atoms with Crippen molar-refractivity contribution in [2.24, 2.45) is 0 Å². The van der Waals surface area contributed by atoms with Crippen molar-refractivity contribution >= 4 is 17.2 Å². The molecule has 2 rings (SSSR count). The summed E-state index contributed by atoms with van der Waals surface area (Å²) in [4.78, 5) is 10.0. The number of hydrogen-bond acceptors (Lipinski definition) is 4. The molecule has 0 spiro atoms. The molecule has 90 valence electrons. The fourth-order valence-corrected chi connectivity index (χ4v) is 2.73. The highest BCUT2D eigenvalue weighted by Gasteiger charge is 2.03. The third-order valence-corrected chi connectivity index (χ3v) is 3.58. The average molecular weight is 247 g/mol. The number of anilines is 1. The fraction of sp³-hybridized carbons (Fsp3) is 0.385. The number of nitrogens with zero attached hydrogens (tertiary/aromatic N) is 2. The van der Waals surface area contributed by atoms with Crippen LogP contribution in [0.5, 0.6) is 0 Å². The quantitative estimate of drug-likeness (QED) is 0.900. The summed E-state index contributed by atoms with van der Waals surface area (Å²) in [6.45, 7) is 6.94. The second-order valence-corrected chi connectivity index (χ2v) is 5.02. The number of rotatable bonds is 4. The van der Waals surface area contributed by atoms with Crippen LogP contribution in [0, 0.1) is 13.8 Å². The molecule has 0 saturated heterocycles. The smallest absolute Gasteiger partial charge is 0.130 e. The molecule has 0 aliphatic heterocycles. The van der Waals surface area contributed by atoms with Gasteiger partial charge in [-0.1, -0.05) is 6.92 Å². The van der Waals surface area contributed by atoms with E-state index in [2.05, 4.69) is 33.7 Å². The lowest BCUT2D eigenvalue weighted by atomic mass is 10.2. The lowest BCUT2D eigenvalue weighted by molar-refractivity contribution is 0.990. The van der Waals surface area contributed by atoms with Crippen LogP contribution in [0.25, 0.3) is 0 Å². The minimum atomic E-state index is 0.814. The van der Waals surface area contributed by atoms with Gasteiger partial charge in [-0.25, -0.2) is 9.97 Å². The zero-order valence-electron chi connectivity index (χ0n) is 10.4. The molecule has 0 unspecified atom stereocenters. The summed E-state index contributed by atoms with van der Waals surface area (Å²) >= 11 is 1.80. The Bertz CT molecular complexity index is 485. The highest BCUT2D eigenvalue weighted by molar-refractivity contribution is 7.10. The Labute approximate surface area is 106 Å². The van der Waals surface area contributed by atoms with Crippen LogP contribution in [-0.4, -0.2) is 9.97 Å². The Morgan fingerprint density at radius 1 is 1.29 bits per heavy atom. The molecule has 0 bridgehead atoms. The Morgan fingerprint density at radius 3 is 2.82 bits per heavy atom. The van der Waals surface area contributed by atoms with Crippen LogP contribution in [-0.2, 0) is 13.0 Å². The predicted molar refractivity (Wildman–Crippen MR) is 72.5 cm³/mol. The van der Waals surface area contributed by atoms with Crippen molar-refractivity contribution in [3.63, 3.8) is 0 Å². The molecular formula is C13H17N3S. The van der Waals surface area contributed by atoms with Gasteiger partial charge in [0, 0.05) is 16.6 Å².